The second-order valence-electron chi connectivity index (χ2n) is 6.77. The highest BCUT2D eigenvalue weighted by atomic mass is 35.5. The van der Waals surface area contributed by atoms with E-state index in [1.165, 1.54) is 6.08 Å². The minimum absolute atomic E-state index is 0.125. The van der Waals surface area contributed by atoms with E-state index in [1.807, 2.05) is 12.1 Å². The number of ether oxygens (including phenoxy) is 1. The highest BCUT2D eigenvalue weighted by molar-refractivity contribution is 6.32. The van der Waals surface area contributed by atoms with Gasteiger partial charge in [0.25, 0.3) is 5.91 Å². The molecule has 0 saturated carbocycles. The van der Waals surface area contributed by atoms with E-state index in [4.69, 9.17) is 16.3 Å². The van der Waals surface area contributed by atoms with Crippen molar-refractivity contribution < 1.29 is 14.3 Å². The summed E-state index contributed by atoms with van der Waals surface area (Å²) in [6.07, 6.45) is 4.54. The Kier molecular flexibility index (Phi) is 5.50. The van der Waals surface area contributed by atoms with E-state index < -0.39 is 0 Å². The van der Waals surface area contributed by atoms with Crippen molar-refractivity contribution in [2.24, 2.45) is 0 Å². The number of hydrogen-bond donors (Lipinski definition) is 1. The van der Waals surface area contributed by atoms with Gasteiger partial charge in [-0.05, 0) is 59.7 Å². The molecule has 150 valence electrons. The van der Waals surface area contributed by atoms with Gasteiger partial charge in [-0.15, -0.1) is 0 Å². The summed E-state index contributed by atoms with van der Waals surface area (Å²) in [6.45, 7) is 4.51. The van der Waals surface area contributed by atoms with Gasteiger partial charge in [-0.2, -0.15) is 0 Å². The number of carbonyl (C=O) groups is 2. The third-order valence-electron chi connectivity index (χ3n) is 4.73. The van der Waals surface area contributed by atoms with Gasteiger partial charge in [0.2, 0.25) is 5.91 Å². The normalized spacial score (nSPS) is 12.2. The maximum atomic E-state index is 12.7. The maximum Gasteiger partial charge on any atom is 0.255 e. The highest BCUT2D eigenvalue weighted by Crippen LogP contribution is 2.31. The molecule has 2 heterocycles. The third-order valence-corrected chi connectivity index (χ3v) is 5.02. The second kappa shape index (κ2) is 8.39. The van der Waals surface area contributed by atoms with Crippen LogP contribution in [0.1, 0.15) is 21.5 Å². The number of nitrogens with one attached hydrogen (secondary N) is 1. The van der Waals surface area contributed by atoms with Crippen molar-refractivity contribution in [3.63, 3.8) is 0 Å². The first-order chi connectivity index (χ1) is 14.5. The number of rotatable bonds is 5. The van der Waals surface area contributed by atoms with Crippen LogP contribution in [0.4, 0.5) is 5.69 Å². The van der Waals surface area contributed by atoms with E-state index in [1.54, 1.807) is 53.7 Å². The van der Waals surface area contributed by atoms with E-state index >= 15 is 0 Å². The zero-order valence-electron chi connectivity index (χ0n) is 16.0. The first-order valence-electron chi connectivity index (χ1n) is 9.25. The van der Waals surface area contributed by atoms with E-state index in [-0.39, 0.29) is 11.8 Å². The molecule has 0 spiro atoms. The lowest BCUT2D eigenvalue weighted by Gasteiger charge is -2.11. The van der Waals surface area contributed by atoms with Crippen molar-refractivity contribution in [2.45, 2.75) is 13.1 Å². The molecular formula is C23H18ClN3O3. The van der Waals surface area contributed by atoms with Gasteiger partial charge in [-0.25, -0.2) is 0 Å². The van der Waals surface area contributed by atoms with Crippen LogP contribution in [0.5, 0.6) is 11.5 Å². The molecule has 6 nitrogen and oxygen atoms in total. The Labute approximate surface area is 178 Å². The molecule has 1 N–H and O–H groups in total. The molecule has 4 rings (SSSR count). The SMILES string of the molecule is C=CC(=O)N1Cc2ccc(C(=O)Nc3ccc(Oc4cccnc4)c(Cl)c3)cc2C1. The van der Waals surface area contributed by atoms with Crippen molar-refractivity contribution in [3.05, 3.63) is 95.3 Å². The fraction of sp³-hybridized carbons (Fsp3) is 0.0870. The molecule has 0 atom stereocenters. The molecule has 7 heteroatoms. The van der Waals surface area contributed by atoms with E-state index in [0.717, 1.165) is 11.1 Å². The van der Waals surface area contributed by atoms with E-state index in [0.29, 0.717) is 40.9 Å². The van der Waals surface area contributed by atoms with Gasteiger partial charge in [-0.3, -0.25) is 14.6 Å². The predicted molar refractivity (Wildman–Crippen MR) is 115 cm³/mol. The molecule has 0 fully saturated rings. The van der Waals surface area contributed by atoms with Gasteiger partial charge < -0.3 is 15.0 Å². The van der Waals surface area contributed by atoms with E-state index in [2.05, 4.69) is 16.9 Å². The number of nitrogens with zero attached hydrogens (tertiary/aromatic N) is 2. The van der Waals surface area contributed by atoms with Crippen LogP contribution in [-0.4, -0.2) is 21.7 Å². The summed E-state index contributed by atoms with van der Waals surface area (Å²) >= 11 is 6.30. The Bertz CT molecular complexity index is 1130. The standard InChI is InChI=1S/C23H18ClN3O3/c1-2-22(28)27-13-16-6-5-15(10-17(16)14-27)23(29)26-18-7-8-21(20(24)11-18)30-19-4-3-9-25-12-19/h2-12H,1,13-14H2,(H,26,29). The average molecular weight is 420 g/mol. The summed E-state index contributed by atoms with van der Waals surface area (Å²) in [5, 5.41) is 3.20. The number of anilines is 1. The van der Waals surface area contributed by atoms with Crippen molar-refractivity contribution in [1.82, 2.24) is 9.88 Å². The van der Waals surface area contributed by atoms with Gasteiger partial charge in [-0.1, -0.05) is 24.2 Å². The molecule has 0 saturated heterocycles. The summed E-state index contributed by atoms with van der Waals surface area (Å²) in [5.74, 6) is 0.647. The number of aromatic nitrogens is 1. The Morgan fingerprint density at radius 2 is 1.97 bits per heavy atom. The number of fused-ring (bicyclic) bond motifs is 1. The van der Waals surface area contributed by atoms with Crippen LogP contribution < -0.4 is 10.1 Å². The lowest BCUT2D eigenvalue weighted by atomic mass is 10.1. The third kappa shape index (κ3) is 4.18. The molecule has 0 radical (unpaired) electrons. The van der Waals surface area contributed by atoms with Crippen molar-refractivity contribution >= 4 is 29.1 Å². The second-order valence-corrected chi connectivity index (χ2v) is 7.18. The molecule has 2 aromatic carbocycles. The molecule has 1 aromatic heterocycles. The quantitative estimate of drug-likeness (QED) is 0.602. The van der Waals surface area contributed by atoms with Gasteiger partial charge in [0.1, 0.15) is 11.5 Å². The number of carbonyl (C=O) groups excluding carboxylic acids is 2. The van der Waals surface area contributed by atoms with Gasteiger partial charge in [0.15, 0.2) is 0 Å². The fourth-order valence-corrected chi connectivity index (χ4v) is 3.44. The molecule has 2 amide bonds. The lowest BCUT2D eigenvalue weighted by Crippen LogP contribution is -2.22. The summed E-state index contributed by atoms with van der Waals surface area (Å²) in [4.78, 5) is 30.2. The first kappa shape index (κ1) is 19.7. The van der Waals surface area contributed by atoms with Crippen LogP contribution in [-0.2, 0) is 17.9 Å². The minimum Gasteiger partial charge on any atom is -0.454 e. The van der Waals surface area contributed by atoms with Gasteiger partial charge in [0.05, 0.1) is 11.2 Å². The number of halogens is 1. The van der Waals surface area contributed by atoms with Crippen LogP contribution in [0.15, 0.2) is 73.6 Å². The van der Waals surface area contributed by atoms with Gasteiger partial charge >= 0.3 is 0 Å². The zero-order valence-corrected chi connectivity index (χ0v) is 16.7. The van der Waals surface area contributed by atoms with Crippen LogP contribution >= 0.6 is 11.6 Å². The van der Waals surface area contributed by atoms with Crippen LogP contribution in [0.25, 0.3) is 0 Å². The zero-order chi connectivity index (χ0) is 21.1. The number of benzene rings is 2. The summed E-state index contributed by atoms with van der Waals surface area (Å²) in [7, 11) is 0. The maximum absolute atomic E-state index is 12.7. The number of hydrogen-bond acceptors (Lipinski definition) is 4. The van der Waals surface area contributed by atoms with Crippen molar-refractivity contribution in [3.8, 4) is 11.5 Å². The number of amides is 2. The average Bonchev–Trinajstić information content (AvgIpc) is 3.19. The molecule has 0 unspecified atom stereocenters. The molecule has 0 aliphatic carbocycles. The molecule has 30 heavy (non-hydrogen) atoms. The minimum atomic E-state index is -0.261. The summed E-state index contributed by atoms with van der Waals surface area (Å²) in [6, 6.07) is 14.0. The molecule has 0 bridgehead atoms. The Morgan fingerprint density at radius 3 is 2.70 bits per heavy atom. The highest BCUT2D eigenvalue weighted by Gasteiger charge is 2.22. The van der Waals surface area contributed by atoms with Crippen LogP contribution in [0.2, 0.25) is 5.02 Å². The number of pyridine rings is 1. The lowest BCUT2D eigenvalue weighted by molar-refractivity contribution is -0.126. The molecule has 3 aromatic rings. The molecule has 1 aliphatic heterocycles. The van der Waals surface area contributed by atoms with Gasteiger partial charge in [0, 0.05) is 30.5 Å². The predicted octanol–water partition coefficient (Wildman–Crippen LogP) is 4.81. The topological polar surface area (TPSA) is 71.5 Å². The van der Waals surface area contributed by atoms with Crippen LogP contribution in [0, 0.1) is 0 Å². The monoisotopic (exact) mass is 419 g/mol. The largest absolute Gasteiger partial charge is 0.454 e. The van der Waals surface area contributed by atoms with E-state index in [9.17, 15) is 9.59 Å². The fourth-order valence-electron chi connectivity index (χ4n) is 3.22. The Morgan fingerprint density at radius 1 is 1.13 bits per heavy atom. The Balaban J connectivity index is 1.45. The van der Waals surface area contributed by atoms with Crippen LogP contribution in [0.3, 0.4) is 0 Å². The summed E-state index contributed by atoms with van der Waals surface area (Å²) < 4.78 is 5.70. The van der Waals surface area contributed by atoms with Crippen molar-refractivity contribution in [2.75, 3.05) is 5.32 Å². The smallest absolute Gasteiger partial charge is 0.255 e. The molecular weight excluding hydrogens is 402 g/mol. The van der Waals surface area contributed by atoms with Crippen molar-refractivity contribution in [1.29, 1.82) is 0 Å². The summed E-state index contributed by atoms with van der Waals surface area (Å²) in [5.41, 5.74) is 3.04. The molecule has 1 aliphatic rings. The Hall–Kier alpha value is -3.64. The first-order valence-corrected chi connectivity index (χ1v) is 9.63.